The number of ketones is 1. The molecule has 2 heterocycles. The molecule has 0 fully saturated rings. The molecule has 2 aliphatic rings. The van der Waals surface area contributed by atoms with Gasteiger partial charge in [0.2, 0.25) is 12.5 Å². The lowest BCUT2D eigenvalue weighted by molar-refractivity contribution is -0.672. The van der Waals surface area contributed by atoms with Crippen molar-refractivity contribution in [2.24, 2.45) is 5.92 Å². The first-order valence-electron chi connectivity index (χ1n) is 11.1. The third kappa shape index (κ3) is 4.07. The van der Waals surface area contributed by atoms with Crippen LogP contribution in [0.4, 0.5) is 0 Å². The van der Waals surface area contributed by atoms with E-state index in [0.29, 0.717) is 34.1 Å². The Kier molecular flexibility index (Phi) is 5.86. The molecule has 1 N–H and O–H groups in total. The fourth-order valence-corrected chi connectivity index (χ4v) is 4.47. The molecular formula is C25H23N2O8+. The molecule has 0 bridgehead atoms. The van der Waals surface area contributed by atoms with Crippen LogP contribution in [0.1, 0.15) is 30.5 Å². The molecule has 3 aromatic rings. The molecule has 1 aliphatic carbocycles. The molecule has 1 aliphatic heterocycles. The van der Waals surface area contributed by atoms with Crippen molar-refractivity contribution in [3.63, 3.8) is 0 Å². The van der Waals surface area contributed by atoms with Crippen molar-refractivity contribution in [1.29, 1.82) is 0 Å². The second-order valence-electron chi connectivity index (χ2n) is 8.09. The van der Waals surface area contributed by atoms with E-state index >= 15 is 0 Å². The van der Waals surface area contributed by atoms with E-state index in [4.69, 9.17) is 23.5 Å². The second kappa shape index (κ2) is 9.13. The number of methoxy groups -OCH3 is 1. The molecule has 10 heteroatoms. The Bertz CT molecular complexity index is 1370. The highest BCUT2D eigenvalue weighted by molar-refractivity contribution is 6.10. The monoisotopic (exact) mass is 479 g/mol. The number of fused-ring (bicyclic) bond motifs is 1. The first-order valence-corrected chi connectivity index (χ1v) is 11.1. The van der Waals surface area contributed by atoms with E-state index < -0.39 is 29.2 Å². The number of rotatable bonds is 6. The normalized spacial score (nSPS) is 18.8. The van der Waals surface area contributed by atoms with Gasteiger partial charge in [-0.1, -0.05) is 6.07 Å². The minimum Gasteiger partial charge on any atom is -0.497 e. The van der Waals surface area contributed by atoms with Crippen molar-refractivity contribution in [3.8, 4) is 22.9 Å². The molecule has 0 amide bonds. The molecule has 10 nitrogen and oxygen atoms in total. The average Bonchev–Trinajstić information content (AvgIpc) is 3.49. The van der Waals surface area contributed by atoms with Gasteiger partial charge in [0.1, 0.15) is 11.7 Å². The average molecular weight is 479 g/mol. The second-order valence-corrected chi connectivity index (χ2v) is 8.09. The summed E-state index contributed by atoms with van der Waals surface area (Å²) in [6.07, 6.45) is 1.54. The SMILES string of the molecule is CCOC(=O)C1C(=O)C=C(c2c(=O)o[nH][n+]2-c2ccc(OC)cc2)CC1c1ccc2c(c1)OCO2. The molecule has 0 radical (unpaired) electrons. The van der Waals surface area contributed by atoms with Crippen molar-refractivity contribution in [2.75, 3.05) is 20.5 Å². The summed E-state index contributed by atoms with van der Waals surface area (Å²) in [6, 6.07) is 12.3. The van der Waals surface area contributed by atoms with Crippen LogP contribution in [-0.2, 0) is 14.3 Å². The van der Waals surface area contributed by atoms with Crippen molar-refractivity contribution >= 4 is 17.3 Å². The zero-order valence-electron chi connectivity index (χ0n) is 19.1. The fraction of sp³-hybridized carbons (Fsp3) is 0.280. The molecule has 2 aromatic carbocycles. The topological polar surface area (TPSA) is 121 Å². The number of carbonyl (C=O) groups excluding carboxylic acids is 2. The van der Waals surface area contributed by atoms with Gasteiger partial charge in [-0.05, 0) is 59.2 Å². The number of carbonyl (C=O) groups is 2. The number of esters is 1. The number of hydrogen-bond acceptors (Lipinski definition) is 8. The maximum absolute atomic E-state index is 13.3. The van der Waals surface area contributed by atoms with Crippen LogP contribution in [0.5, 0.6) is 17.2 Å². The zero-order valence-corrected chi connectivity index (χ0v) is 19.1. The lowest BCUT2D eigenvalue weighted by Gasteiger charge is -2.28. The van der Waals surface area contributed by atoms with Crippen LogP contribution < -0.4 is 24.5 Å². The van der Waals surface area contributed by atoms with Gasteiger partial charge in [0.15, 0.2) is 17.3 Å². The number of aromatic nitrogens is 2. The van der Waals surface area contributed by atoms with Gasteiger partial charge in [0.25, 0.3) is 0 Å². The van der Waals surface area contributed by atoms with Crippen LogP contribution >= 0.6 is 0 Å². The van der Waals surface area contributed by atoms with Gasteiger partial charge < -0.3 is 18.9 Å². The van der Waals surface area contributed by atoms with E-state index in [1.807, 2.05) is 0 Å². The molecule has 0 saturated carbocycles. The van der Waals surface area contributed by atoms with E-state index in [-0.39, 0.29) is 25.5 Å². The first kappa shape index (κ1) is 22.5. The Morgan fingerprint density at radius 3 is 2.63 bits per heavy atom. The maximum Gasteiger partial charge on any atom is 0.435 e. The van der Waals surface area contributed by atoms with Gasteiger partial charge >= 0.3 is 17.3 Å². The van der Waals surface area contributed by atoms with Crippen LogP contribution in [0.2, 0.25) is 0 Å². The zero-order chi connectivity index (χ0) is 24.5. The predicted molar refractivity (Wildman–Crippen MR) is 120 cm³/mol. The Hall–Kier alpha value is -4.34. The third-order valence-electron chi connectivity index (χ3n) is 6.11. The van der Waals surface area contributed by atoms with E-state index in [1.54, 1.807) is 56.5 Å². The van der Waals surface area contributed by atoms with Crippen molar-refractivity contribution < 1.29 is 37.7 Å². The lowest BCUT2D eigenvalue weighted by atomic mass is 9.74. The van der Waals surface area contributed by atoms with E-state index in [1.165, 1.54) is 10.8 Å². The fourth-order valence-electron chi connectivity index (χ4n) is 4.47. The van der Waals surface area contributed by atoms with Gasteiger partial charge in [-0.25, -0.2) is 4.79 Å². The number of aromatic amines is 1. The van der Waals surface area contributed by atoms with Gasteiger partial charge in [0, 0.05) is 23.6 Å². The number of nitrogens with one attached hydrogen (secondary N) is 1. The number of hydrogen-bond donors (Lipinski definition) is 1. The summed E-state index contributed by atoms with van der Waals surface area (Å²) in [5, 5.41) is 2.59. The van der Waals surface area contributed by atoms with Crippen molar-refractivity contribution in [1.82, 2.24) is 5.27 Å². The van der Waals surface area contributed by atoms with Crippen LogP contribution in [0.25, 0.3) is 11.3 Å². The Balaban J connectivity index is 1.58. The van der Waals surface area contributed by atoms with Crippen LogP contribution in [0.15, 0.2) is 57.9 Å². The number of benzene rings is 2. The first-order chi connectivity index (χ1) is 17.0. The largest absolute Gasteiger partial charge is 0.497 e. The predicted octanol–water partition coefficient (Wildman–Crippen LogP) is 2.30. The molecule has 0 spiro atoms. The number of ether oxygens (including phenoxy) is 4. The molecular weight excluding hydrogens is 456 g/mol. The number of allylic oxidation sites excluding steroid dienone is 2. The molecule has 2 unspecified atom stereocenters. The van der Waals surface area contributed by atoms with Crippen LogP contribution in [0, 0.1) is 5.92 Å². The van der Waals surface area contributed by atoms with Gasteiger partial charge in [-0.2, -0.15) is 0 Å². The molecule has 5 rings (SSSR count). The number of nitrogens with zero attached hydrogens (tertiary/aromatic N) is 1. The number of H-pyrrole nitrogens is 1. The summed E-state index contributed by atoms with van der Waals surface area (Å²) in [7, 11) is 1.56. The van der Waals surface area contributed by atoms with Gasteiger partial charge in [0.05, 0.1) is 13.7 Å². The van der Waals surface area contributed by atoms with Gasteiger partial charge in [-0.15, -0.1) is 0 Å². The van der Waals surface area contributed by atoms with E-state index in [0.717, 1.165) is 0 Å². The quantitative estimate of drug-likeness (QED) is 0.325. The molecule has 0 saturated heterocycles. The summed E-state index contributed by atoms with van der Waals surface area (Å²) in [6.45, 7) is 1.93. The van der Waals surface area contributed by atoms with Gasteiger partial charge in [-0.3, -0.25) is 14.1 Å². The Morgan fingerprint density at radius 1 is 1.11 bits per heavy atom. The molecule has 180 valence electrons. The van der Waals surface area contributed by atoms with Crippen LogP contribution in [0.3, 0.4) is 0 Å². The summed E-state index contributed by atoms with van der Waals surface area (Å²) in [5.41, 5.74) is 1.26. The van der Waals surface area contributed by atoms with E-state index in [2.05, 4.69) is 5.27 Å². The maximum atomic E-state index is 13.3. The Morgan fingerprint density at radius 2 is 1.89 bits per heavy atom. The van der Waals surface area contributed by atoms with Crippen molar-refractivity contribution in [2.45, 2.75) is 19.3 Å². The summed E-state index contributed by atoms with van der Waals surface area (Å²) in [4.78, 5) is 38.8. The van der Waals surface area contributed by atoms with Crippen molar-refractivity contribution in [3.05, 3.63) is 70.2 Å². The highest BCUT2D eigenvalue weighted by atomic mass is 16.7. The highest BCUT2D eigenvalue weighted by Gasteiger charge is 2.43. The third-order valence-corrected chi connectivity index (χ3v) is 6.11. The standard InChI is InChI=1S/C25H22N2O8/c1-3-32-24(29)22-18(14-4-9-20-21(12-14)34-13-33-20)10-15(11-19(22)28)23-25(30)35-26-27(23)16-5-7-17(31-2)8-6-16/h4-9,11-12,18,22H,3,10,13H2,1-2H3/p+1. The lowest BCUT2D eigenvalue weighted by Crippen LogP contribution is -2.40. The van der Waals surface area contributed by atoms with E-state index in [9.17, 15) is 14.4 Å². The highest BCUT2D eigenvalue weighted by Crippen LogP contribution is 2.42. The Labute approximate surface area is 199 Å². The summed E-state index contributed by atoms with van der Waals surface area (Å²) in [5.74, 6) is -0.942. The minimum absolute atomic E-state index is 0.0983. The minimum atomic E-state index is -1.06. The summed E-state index contributed by atoms with van der Waals surface area (Å²) >= 11 is 0. The van der Waals surface area contributed by atoms with Crippen LogP contribution in [-0.4, -0.2) is 37.5 Å². The molecule has 2 atom stereocenters. The smallest absolute Gasteiger partial charge is 0.435 e. The summed E-state index contributed by atoms with van der Waals surface area (Å²) < 4.78 is 27.8. The molecule has 1 aromatic heterocycles. The molecule has 35 heavy (non-hydrogen) atoms.